The predicted octanol–water partition coefficient (Wildman–Crippen LogP) is 1.42. The van der Waals surface area contributed by atoms with E-state index in [9.17, 15) is 4.79 Å². The second-order valence-corrected chi connectivity index (χ2v) is 5.31. The maximum Gasteiger partial charge on any atom is 0.223 e. The number of methoxy groups -OCH3 is 1. The van der Waals surface area contributed by atoms with Crippen molar-refractivity contribution in [2.45, 2.75) is 38.3 Å². The molecule has 2 unspecified atom stereocenters. The van der Waals surface area contributed by atoms with Crippen LogP contribution in [0.25, 0.3) is 0 Å². The minimum atomic E-state index is -0.103. The zero-order valence-corrected chi connectivity index (χ0v) is 12.2. The Morgan fingerprint density at radius 1 is 1.50 bits per heavy atom. The molecule has 2 rings (SSSR count). The quantitative estimate of drug-likeness (QED) is 0.903. The number of rotatable bonds is 4. The minimum absolute atomic E-state index is 0.0530. The molecule has 0 spiro atoms. The van der Waals surface area contributed by atoms with Gasteiger partial charge in [-0.05, 0) is 31.4 Å². The molecule has 5 nitrogen and oxygen atoms in total. The number of likely N-dealkylation sites (tertiary alicyclic amines) is 1. The van der Waals surface area contributed by atoms with Crippen LogP contribution in [-0.4, -0.2) is 42.1 Å². The van der Waals surface area contributed by atoms with Gasteiger partial charge >= 0.3 is 0 Å². The molecular weight excluding hydrogens is 254 g/mol. The molecule has 2 N–H and O–H groups in total. The summed E-state index contributed by atoms with van der Waals surface area (Å²) >= 11 is 0. The van der Waals surface area contributed by atoms with Gasteiger partial charge < -0.3 is 15.4 Å². The number of nitrogens with zero attached hydrogens (tertiary/aromatic N) is 2. The van der Waals surface area contributed by atoms with Crippen molar-refractivity contribution >= 4 is 5.91 Å². The molecule has 1 fully saturated rings. The van der Waals surface area contributed by atoms with Crippen LogP contribution in [0.1, 0.15) is 36.6 Å². The number of ether oxygens (including phenoxy) is 1. The number of hydrogen-bond donors (Lipinski definition) is 1. The van der Waals surface area contributed by atoms with Gasteiger partial charge in [-0.1, -0.05) is 6.07 Å². The zero-order valence-electron chi connectivity index (χ0n) is 12.2. The molecule has 0 saturated carbocycles. The molecular formula is C15H23N3O2. The third kappa shape index (κ3) is 3.35. The lowest BCUT2D eigenvalue weighted by Crippen LogP contribution is -2.43. The van der Waals surface area contributed by atoms with Crippen LogP contribution in [0.4, 0.5) is 0 Å². The summed E-state index contributed by atoms with van der Waals surface area (Å²) in [5, 5.41) is 0. The van der Waals surface area contributed by atoms with Crippen molar-refractivity contribution < 1.29 is 9.53 Å². The van der Waals surface area contributed by atoms with E-state index in [2.05, 4.69) is 4.98 Å². The lowest BCUT2D eigenvalue weighted by molar-refractivity contribution is -0.134. The lowest BCUT2D eigenvalue weighted by Gasteiger charge is -2.33. The topological polar surface area (TPSA) is 68.5 Å². The Labute approximate surface area is 120 Å². The van der Waals surface area contributed by atoms with Gasteiger partial charge in [-0.3, -0.25) is 9.78 Å². The third-order valence-corrected chi connectivity index (χ3v) is 3.80. The Morgan fingerprint density at radius 2 is 2.30 bits per heavy atom. The van der Waals surface area contributed by atoms with Gasteiger partial charge in [0.2, 0.25) is 5.91 Å². The van der Waals surface area contributed by atoms with E-state index < -0.39 is 0 Å². The maximum atomic E-state index is 12.3. The molecule has 1 aliphatic heterocycles. The number of carbonyl (C=O) groups excluding carboxylic acids is 1. The average molecular weight is 277 g/mol. The molecule has 0 aliphatic carbocycles. The summed E-state index contributed by atoms with van der Waals surface area (Å²) in [5.41, 5.74) is 8.28. The number of pyridine rings is 1. The predicted molar refractivity (Wildman–Crippen MR) is 77.1 cm³/mol. The Balaban J connectivity index is 2.30. The van der Waals surface area contributed by atoms with Crippen molar-refractivity contribution in [2.75, 3.05) is 20.3 Å². The molecule has 110 valence electrons. The van der Waals surface area contributed by atoms with Crippen LogP contribution < -0.4 is 5.73 Å². The summed E-state index contributed by atoms with van der Waals surface area (Å²) < 4.78 is 5.12. The fourth-order valence-corrected chi connectivity index (χ4v) is 2.71. The number of amides is 1. The smallest absolute Gasteiger partial charge is 0.223 e. The minimum Gasteiger partial charge on any atom is -0.383 e. The van der Waals surface area contributed by atoms with E-state index >= 15 is 0 Å². The summed E-state index contributed by atoms with van der Waals surface area (Å²) in [5.74, 6) is 0.153. The number of hydrogen-bond acceptors (Lipinski definition) is 4. The Hall–Kier alpha value is -1.46. The molecule has 2 heterocycles. The van der Waals surface area contributed by atoms with Crippen molar-refractivity contribution in [1.29, 1.82) is 0 Å². The standard InChI is InChI=1S/C15H23N3O2/c1-11-6-7-12(10-17-11)15-13(16)4-3-5-14(19)18(15)8-9-20-2/h6-7,10,13,15H,3-5,8-9,16H2,1-2H3. The summed E-state index contributed by atoms with van der Waals surface area (Å²) in [7, 11) is 1.64. The molecule has 20 heavy (non-hydrogen) atoms. The molecule has 5 heteroatoms. The second-order valence-electron chi connectivity index (χ2n) is 5.31. The van der Waals surface area contributed by atoms with Gasteiger partial charge in [0.25, 0.3) is 0 Å². The summed E-state index contributed by atoms with van der Waals surface area (Å²) in [6.07, 6.45) is 4.10. The van der Waals surface area contributed by atoms with Crippen LogP contribution in [0.2, 0.25) is 0 Å². The largest absolute Gasteiger partial charge is 0.383 e. The van der Waals surface area contributed by atoms with Crippen LogP contribution in [0.5, 0.6) is 0 Å². The molecule has 1 aromatic heterocycles. The summed E-state index contributed by atoms with van der Waals surface area (Å²) in [4.78, 5) is 18.5. The van der Waals surface area contributed by atoms with Gasteiger partial charge in [-0.2, -0.15) is 0 Å². The highest BCUT2D eigenvalue weighted by molar-refractivity contribution is 5.77. The van der Waals surface area contributed by atoms with E-state index in [0.29, 0.717) is 19.6 Å². The highest BCUT2D eigenvalue weighted by atomic mass is 16.5. The summed E-state index contributed by atoms with van der Waals surface area (Å²) in [6.45, 7) is 3.04. The highest BCUT2D eigenvalue weighted by Gasteiger charge is 2.32. The average Bonchev–Trinajstić information content (AvgIpc) is 2.57. The van der Waals surface area contributed by atoms with Crippen molar-refractivity contribution in [3.05, 3.63) is 29.6 Å². The van der Waals surface area contributed by atoms with Crippen LogP contribution in [-0.2, 0) is 9.53 Å². The normalized spacial score (nSPS) is 23.8. The first-order valence-corrected chi connectivity index (χ1v) is 7.10. The van der Waals surface area contributed by atoms with Gasteiger partial charge in [-0.15, -0.1) is 0 Å². The first kappa shape index (κ1) is 14.9. The Kier molecular flexibility index (Phi) is 5.09. The number of aromatic nitrogens is 1. The SMILES string of the molecule is COCCN1C(=O)CCCC(N)C1c1ccc(C)nc1. The molecule has 1 aromatic rings. The molecule has 2 atom stereocenters. The second kappa shape index (κ2) is 6.81. The number of carbonyl (C=O) groups is 1. The molecule has 1 saturated heterocycles. The van der Waals surface area contributed by atoms with E-state index in [4.69, 9.17) is 10.5 Å². The van der Waals surface area contributed by atoms with Crippen LogP contribution in [0, 0.1) is 6.92 Å². The van der Waals surface area contributed by atoms with Gasteiger partial charge in [0, 0.05) is 38.0 Å². The highest BCUT2D eigenvalue weighted by Crippen LogP contribution is 2.29. The Bertz CT molecular complexity index is 447. The molecule has 0 radical (unpaired) electrons. The Morgan fingerprint density at radius 3 is 2.95 bits per heavy atom. The van der Waals surface area contributed by atoms with Crippen molar-refractivity contribution in [3.8, 4) is 0 Å². The van der Waals surface area contributed by atoms with E-state index in [0.717, 1.165) is 24.1 Å². The van der Waals surface area contributed by atoms with E-state index in [1.54, 1.807) is 7.11 Å². The van der Waals surface area contributed by atoms with E-state index in [-0.39, 0.29) is 18.0 Å². The van der Waals surface area contributed by atoms with Gasteiger partial charge in [-0.25, -0.2) is 0 Å². The summed E-state index contributed by atoms with van der Waals surface area (Å²) in [6, 6.07) is 3.83. The molecule has 1 aliphatic rings. The fourth-order valence-electron chi connectivity index (χ4n) is 2.71. The monoisotopic (exact) mass is 277 g/mol. The third-order valence-electron chi connectivity index (χ3n) is 3.80. The first-order chi connectivity index (χ1) is 9.63. The van der Waals surface area contributed by atoms with E-state index in [1.165, 1.54) is 0 Å². The number of aryl methyl sites for hydroxylation is 1. The molecule has 0 bridgehead atoms. The first-order valence-electron chi connectivity index (χ1n) is 7.10. The maximum absolute atomic E-state index is 12.3. The van der Waals surface area contributed by atoms with Crippen LogP contribution in [0.3, 0.4) is 0 Å². The van der Waals surface area contributed by atoms with Crippen molar-refractivity contribution in [1.82, 2.24) is 9.88 Å². The fraction of sp³-hybridized carbons (Fsp3) is 0.600. The molecule has 1 amide bonds. The zero-order chi connectivity index (χ0) is 14.5. The van der Waals surface area contributed by atoms with Crippen molar-refractivity contribution in [2.24, 2.45) is 5.73 Å². The van der Waals surface area contributed by atoms with E-state index in [1.807, 2.05) is 30.2 Å². The van der Waals surface area contributed by atoms with Crippen LogP contribution >= 0.6 is 0 Å². The lowest BCUT2D eigenvalue weighted by atomic mass is 9.97. The number of nitrogens with two attached hydrogens (primary N) is 1. The van der Waals surface area contributed by atoms with Crippen molar-refractivity contribution in [3.63, 3.8) is 0 Å². The van der Waals surface area contributed by atoms with Gasteiger partial charge in [0.15, 0.2) is 0 Å². The van der Waals surface area contributed by atoms with Gasteiger partial charge in [0.05, 0.1) is 12.6 Å². The molecule has 0 aromatic carbocycles. The van der Waals surface area contributed by atoms with Crippen LogP contribution in [0.15, 0.2) is 18.3 Å². The van der Waals surface area contributed by atoms with Gasteiger partial charge in [0.1, 0.15) is 0 Å².